The van der Waals surface area contributed by atoms with Crippen LogP contribution >= 0.6 is 11.6 Å². The molecule has 0 spiro atoms. The largest absolute Gasteiger partial charge is 0.451 e. The van der Waals surface area contributed by atoms with E-state index in [-0.39, 0.29) is 12.2 Å². The molecule has 0 fully saturated rings. The molecule has 0 saturated heterocycles. The lowest BCUT2D eigenvalue weighted by Crippen LogP contribution is -2.36. The summed E-state index contributed by atoms with van der Waals surface area (Å²) >= 11 is 5.71. The zero-order valence-electron chi connectivity index (χ0n) is 13.2. The fraction of sp³-hybridized carbons (Fsp3) is 0.267. The maximum atomic E-state index is 12.2. The molecule has 25 heavy (non-hydrogen) atoms. The maximum absolute atomic E-state index is 12.2. The van der Waals surface area contributed by atoms with Gasteiger partial charge in [0.25, 0.3) is 11.5 Å². The predicted molar refractivity (Wildman–Crippen MR) is 89.4 cm³/mol. The van der Waals surface area contributed by atoms with Gasteiger partial charge < -0.3 is 10.1 Å². The number of H-pyrrole nitrogens is 1. The molecule has 2 N–H and O–H groups in total. The van der Waals surface area contributed by atoms with Crippen LogP contribution in [-0.2, 0) is 20.9 Å². The van der Waals surface area contributed by atoms with E-state index in [0.29, 0.717) is 5.02 Å². The number of anilines is 1. The molecule has 132 valence electrons. The van der Waals surface area contributed by atoms with Crippen LogP contribution in [0.1, 0.15) is 13.3 Å². The Hall–Kier alpha value is -2.94. The molecule has 2 rings (SSSR count). The number of hydrogen-bond acceptors (Lipinski definition) is 6. The molecule has 0 aliphatic carbocycles. The Morgan fingerprint density at radius 3 is 2.72 bits per heavy atom. The topological polar surface area (TPSA) is 123 Å². The average molecular weight is 367 g/mol. The van der Waals surface area contributed by atoms with Crippen molar-refractivity contribution in [3.05, 3.63) is 56.5 Å². The van der Waals surface area contributed by atoms with E-state index in [1.165, 1.54) is 18.5 Å². The van der Waals surface area contributed by atoms with Crippen LogP contribution in [0, 0.1) is 0 Å². The number of amides is 1. The van der Waals surface area contributed by atoms with Gasteiger partial charge >= 0.3 is 11.7 Å². The van der Waals surface area contributed by atoms with Crippen LogP contribution < -0.4 is 16.6 Å². The van der Waals surface area contributed by atoms with Crippen molar-refractivity contribution in [2.75, 3.05) is 5.32 Å². The molecule has 10 heteroatoms. The highest BCUT2D eigenvalue weighted by Crippen LogP contribution is 2.11. The van der Waals surface area contributed by atoms with Gasteiger partial charge in [0.2, 0.25) is 0 Å². The van der Waals surface area contributed by atoms with Gasteiger partial charge in [0, 0.05) is 18.5 Å². The predicted octanol–water partition coefficient (Wildman–Crippen LogP) is 0.545. The van der Waals surface area contributed by atoms with E-state index in [2.05, 4.69) is 10.3 Å². The Labute approximate surface area is 146 Å². The number of aromatic nitrogens is 3. The number of nitrogens with zero attached hydrogens (tertiary/aromatic N) is 2. The third-order valence-corrected chi connectivity index (χ3v) is 3.34. The first-order valence-electron chi connectivity index (χ1n) is 7.30. The first kappa shape index (κ1) is 18.4. The number of carbonyl (C=O) groups is 2. The van der Waals surface area contributed by atoms with Gasteiger partial charge in [-0.15, -0.1) is 0 Å². The van der Waals surface area contributed by atoms with Crippen LogP contribution in [0.25, 0.3) is 0 Å². The van der Waals surface area contributed by atoms with Crippen LogP contribution in [-0.4, -0.2) is 32.5 Å². The third-order valence-electron chi connectivity index (χ3n) is 3.11. The maximum Gasteiger partial charge on any atom is 0.328 e. The van der Waals surface area contributed by atoms with Crippen molar-refractivity contribution in [2.24, 2.45) is 0 Å². The number of rotatable bonds is 6. The Kier molecular flexibility index (Phi) is 6.07. The molecule has 0 bridgehead atoms. The Morgan fingerprint density at radius 1 is 1.36 bits per heavy atom. The molecule has 0 saturated carbocycles. The van der Waals surface area contributed by atoms with Gasteiger partial charge in [0.05, 0.1) is 5.02 Å². The van der Waals surface area contributed by atoms with Crippen LogP contribution in [0.2, 0.25) is 5.02 Å². The number of halogens is 1. The third kappa shape index (κ3) is 5.28. The van der Waals surface area contributed by atoms with E-state index in [9.17, 15) is 19.2 Å². The van der Waals surface area contributed by atoms with E-state index in [0.717, 1.165) is 10.6 Å². The summed E-state index contributed by atoms with van der Waals surface area (Å²) in [5.41, 5.74) is -1.32. The Bertz CT molecular complexity index is 874. The van der Waals surface area contributed by atoms with Gasteiger partial charge in [0.1, 0.15) is 12.4 Å². The van der Waals surface area contributed by atoms with E-state index < -0.39 is 35.8 Å². The van der Waals surface area contributed by atoms with E-state index in [4.69, 9.17) is 16.3 Å². The van der Waals surface area contributed by atoms with Gasteiger partial charge in [-0.25, -0.2) is 9.78 Å². The van der Waals surface area contributed by atoms with Gasteiger partial charge in [0.15, 0.2) is 6.10 Å². The second kappa shape index (κ2) is 8.25. The normalized spacial score (nSPS) is 11.6. The summed E-state index contributed by atoms with van der Waals surface area (Å²) < 4.78 is 6.06. The highest BCUT2D eigenvalue weighted by Gasteiger charge is 2.22. The molecule has 0 aromatic carbocycles. The molecular weight excluding hydrogens is 352 g/mol. The second-order valence-corrected chi connectivity index (χ2v) is 5.41. The lowest BCUT2D eigenvalue weighted by molar-refractivity contribution is -0.155. The van der Waals surface area contributed by atoms with Crippen molar-refractivity contribution in [1.82, 2.24) is 14.5 Å². The Balaban J connectivity index is 1.98. The first-order chi connectivity index (χ1) is 11.9. The molecule has 2 aromatic rings. The summed E-state index contributed by atoms with van der Waals surface area (Å²) in [4.78, 5) is 52.5. The summed E-state index contributed by atoms with van der Waals surface area (Å²) in [6.07, 6.45) is 1.71. The zero-order chi connectivity index (χ0) is 18.4. The molecule has 0 radical (unpaired) electrons. The number of nitrogens with one attached hydrogen (secondary N) is 2. The van der Waals surface area contributed by atoms with Crippen molar-refractivity contribution in [2.45, 2.75) is 26.0 Å². The summed E-state index contributed by atoms with van der Waals surface area (Å²) in [6.45, 7) is 1.23. The minimum absolute atomic E-state index is 0.228. The molecule has 2 aromatic heterocycles. The van der Waals surface area contributed by atoms with Crippen LogP contribution in [0.15, 0.2) is 40.2 Å². The van der Waals surface area contributed by atoms with Gasteiger partial charge in [-0.2, -0.15) is 0 Å². The van der Waals surface area contributed by atoms with Crippen molar-refractivity contribution >= 4 is 29.3 Å². The zero-order valence-corrected chi connectivity index (χ0v) is 13.9. The van der Waals surface area contributed by atoms with E-state index >= 15 is 0 Å². The summed E-state index contributed by atoms with van der Waals surface area (Å²) in [5.74, 6) is -1.08. The van der Waals surface area contributed by atoms with E-state index in [1.54, 1.807) is 13.0 Å². The summed E-state index contributed by atoms with van der Waals surface area (Å²) in [7, 11) is 0. The molecule has 0 aliphatic rings. The van der Waals surface area contributed by atoms with Crippen molar-refractivity contribution < 1.29 is 14.3 Å². The molecule has 9 nitrogen and oxygen atoms in total. The second-order valence-electron chi connectivity index (χ2n) is 4.98. The molecule has 1 unspecified atom stereocenters. The fourth-order valence-corrected chi connectivity index (χ4v) is 1.99. The van der Waals surface area contributed by atoms with Crippen molar-refractivity contribution in [3.8, 4) is 0 Å². The average Bonchev–Trinajstić information content (AvgIpc) is 2.57. The Morgan fingerprint density at radius 2 is 2.12 bits per heavy atom. The minimum atomic E-state index is -1.05. The van der Waals surface area contributed by atoms with Gasteiger partial charge in [-0.05, 0) is 18.6 Å². The standard InChI is InChI=1S/C15H15ClN4O5/c1-2-10(14(23)18-11-4-3-9(16)7-17-11)25-13(22)8-20-6-5-12(21)19-15(20)24/h3-7,10H,2,8H2,1H3,(H,17,18,23)(H,19,21,24). The minimum Gasteiger partial charge on any atom is -0.451 e. The quantitative estimate of drug-likeness (QED) is 0.719. The number of carbonyl (C=O) groups excluding carboxylic acids is 2. The van der Waals surface area contributed by atoms with Gasteiger partial charge in [-0.3, -0.25) is 23.9 Å². The summed E-state index contributed by atoms with van der Waals surface area (Å²) in [6, 6.07) is 4.17. The van der Waals surface area contributed by atoms with Crippen molar-refractivity contribution in [1.29, 1.82) is 0 Å². The highest BCUT2D eigenvalue weighted by molar-refractivity contribution is 6.30. The van der Waals surface area contributed by atoms with Crippen LogP contribution in [0.5, 0.6) is 0 Å². The molecule has 1 amide bonds. The van der Waals surface area contributed by atoms with Crippen molar-refractivity contribution in [3.63, 3.8) is 0 Å². The SMILES string of the molecule is CCC(OC(=O)Cn1ccc(=O)[nH]c1=O)C(=O)Nc1ccc(Cl)cn1. The lowest BCUT2D eigenvalue weighted by atomic mass is 10.2. The summed E-state index contributed by atoms with van der Waals surface area (Å²) in [5, 5.41) is 2.93. The molecular formula is C15H15ClN4O5. The number of pyridine rings is 1. The number of hydrogen-bond donors (Lipinski definition) is 2. The lowest BCUT2D eigenvalue weighted by Gasteiger charge is -2.16. The highest BCUT2D eigenvalue weighted by atomic mass is 35.5. The molecule has 0 aliphatic heterocycles. The molecule has 1 atom stereocenters. The fourth-order valence-electron chi connectivity index (χ4n) is 1.88. The monoisotopic (exact) mass is 366 g/mol. The smallest absolute Gasteiger partial charge is 0.328 e. The van der Waals surface area contributed by atoms with E-state index in [1.807, 2.05) is 4.98 Å². The number of aromatic amines is 1. The number of ether oxygens (including phenoxy) is 1. The van der Waals surface area contributed by atoms with Gasteiger partial charge in [-0.1, -0.05) is 18.5 Å². The molecule has 2 heterocycles. The number of esters is 1. The van der Waals surface area contributed by atoms with Crippen LogP contribution in [0.3, 0.4) is 0 Å². The van der Waals surface area contributed by atoms with Crippen LogP contribution in [0.4, 0.5) is 5.82 Å². The first-order valence-corrected chi connectivity index (χ1v) is 7.68.